The standard InChI is InChI=1S/C29H28F3N5O3S2/c30-20-13-19(15-34-16-20)27-35-24(23-14-29(31,32)6-5-22(23)26(38)36-28(17-33)7-8-28)25(41-27)18-1-3-21(4-2-18)37-9-11-42(39,40)12-10-37/h1-4,13,15-16,22-23H,5-12,14H2,(H,36,38)/t22-,23-/m1/s1. The molecule has 2 atom stereocenters. The van der Waals surface area contributed by atoms with E-state index in [1.165, 1.54) is 23.6 Å². The van der Waals surface area contributed by atoms with Gasteiger partial charge < -0.3 is 10.2 Å². The van der Waals surface area contributed by atoms with Crippen molar-refractivity contribution in [2.24, 2.45) is 5.92 Å². The molecule has 42 heavy (non-hydrogen) atoms. The minimum atomic E-state index is -3.04. The molecule has 1 saturated heterocycles. The summed E-state index contributed by atoms with van der Waals surface area (Å²) in [6, 6.07) is 10.8. The van der Waals surface area contributed by atoms with E-state index in [4.69, 9.17) is 4.98 Å². The van der Waals surface area contributed by atoms with Gasteiger partial charge in [0.2, 0.25) is 11.8 Å². The second-order valence-electron chi connectivity index (χ2n) is 11.3. The van der Waals surface area contributed by atoms with Crippen LogP contribution in [0.15, 0.2) is 42.7 Å². The van der Waals surface area contributed by atoms with Crippen LogP contribution in [0.2, 0.25) is 0 Å². The number of nitrogens with zero attached hydrogens (tertiary/aromatic N) is 4. The predicted octanol–water partition coefficient (Wildman–Crippen LogP) is 4.94. The number of benzene rings is 1. The Labute approximate surface area is 245 Å². The third kappa shape index (κ3) is 5.87. The molecule has 8 nitrogen and oxygen atoms in total. The molecule has 1 aromatic carbocycles. The number of carbonyl (C=O) groups excluding carboxylic acids is 1. The number of alkyl halides is 2. The van der Waals surface area contributed by atoms with Crippen LogP contribution in [0.5, 0.6) is 0 Å². The van der Waals surface area contributed by atoms with Crippen LogP contribution in [0.3, 0.4) is 0 Å². The third-order valence-corrected chi connectivity index (χ3v) is 11.1. The number of amides is 1. The van der Waals surface area contributed by atoms with Gasteiger partial charge in [-0.05, 0) is 43.0 Å². The molecule has 1 N–H and O–H groups in total. The van der Waals surface area contributed by atoms with E-state index in [9.17, 15) is 31.6 Å². The Kier molecular flexibility index (Phi) is 7.25. The van der Waals surface area contributed by atoms with Gasteiger partial charge >= 0.3 is 0 Å². The van der Waals surface area contributed by atoms with Crippen molar-refractivity contribution >= 4 is 32.8 Å². The molecule has 0 radical (unpaired) electrons. The second-order valence-corrected chi connectivity index (χ2v) is 14.6. The smallest absolute Gasteiger partial charge is 0.248 e. The fraction of sp³-hybridized carbons (Fsp3) is 0.448. The number of hydrogen-bond donors (Lipinski definition) is 1. The van der Waals surface area contributed by atoms with Gasteiger partial charge in [-0.2, -0.15) is 5.26 Å². The summed E-state index contributed by atoms with van der Waals surface area (Å²) in [6.45, 7) is 0.755. The molecule has 0 spiro atoms. The van der Waals surface area contributed by atoms with Crippen LogP contribution in [-0.4, -0.2) is 60.3 Å². The lowest BCUT2D eigenvalue weighted by atomic mass is 9.74. The Morgan fingerprint density at radius 3 is 2.45 bits per heavy atom. The zero-order valence-electron chi connectivity index (χ0n) is 22.5. The SMILES string of the molecule is N#CC1(NC(=O)[C@@H]2CCC(F)(F)C[C@H]2c2nc(-c3cncc(F)c3)sc2-c2ccc(N3CCS(=O)(=O)CC3)cc2)CC1. The number of rotatable bonds is 6. The van der Waals surface area contributed by atoms with Gasteiger partial charge in [-0.3, -0.25) is 9.78 Å². The van der Waals surface area contributed by atoms with Gasteiger partial charge in [-0.1, -0.05) is 12.1 Å². The molecule has 3 fully saturated rings. The molecule has 3 aliphatic rings. The van der Waals surface area contributed by atoms with Gasteiger partial charge in [0.15, 0.2) is 9.84 Å². The minimum absolute atomic E-state index is 0.0599. The van der Waals surface area contributed by atoms with Gasteiger partial charge in [-0.25, -0.2) is 26.6 Å². The van der Waals surface area contributed by atoms with Gasteiger partial charge in [0.25, 0.3) is 0 Å². The largest absolute Gasteiger partial charge is 0.369 e. The summed E-state index contributed by atoms with van der Waals surface area (Å²) >= 11 is 1.21. The number of sulfone groups is 1. The first kappa shape index (κ1) is 28.6. The highest BCUT2D eigenvalue weighted by molar-refractivity contribution is 7.91. The molecular formula is C29H28F3N5O3S2. The number of nitriles is 1. The number of anilines is 1. The van der Waals surface area contributed by atoms with Crippen molar-refractivity contribution in [3.05, 3.63) is 54.2 Å². The van der Waals surface area contributed by atoms with E-state index in [1.807, 2.05) is 29.2 Å². The lowest BCUT2D eigenvalue weighted by Crippen LogP contribution is -2.45. The van der Waals surface area contributed by atoms with Crippen LogP contribution < -0.4 is 10.2 Å². The molecule has 6 rings (SSSR count). The first-order chi connectivity index (χ1) is 20.0. The van der Waals surface area contributed by atoms with E-state index >= 15 is 0 Å². The Bertz CT molecular complexity index is 1650. The van der Waals surface area contributed by atoms with E-state index < -0.39 is 57.7 Å². The monoisotopic (exact) mass is 615 g/mol. The maximum absolute atomic E-state index is 14.9. The normalized spacial score (nSPS) is 24.0. The van der Waals surface area contributed by atoms with Crippen molar-refractivity contribution in [2.75, 3.05) is 29.5 Å². The first-order valence-corrected chi connectivity index (χ1v) is 16.4. The van der Waals surface area contributed by atoms with E-state index in [0.717, 1.165) is 11.9 Å². The number of halogens is 3. The summed E-state index contributed by atoms with van der Waals surface area (Å²) in [4.78, 5) is 24.6. The van der Waals surface area contributed by atoms with Gasteiger partial charge in [0, 0.05) is 55.2 Å². The molecule has 0 bridgehead atoms. The van der Waals surface area contributed by atoms with E-state index in [-0.39, 0.29) is 17.9 Å². The Morgan fingerprint density at radius 2 is 1.81 bits per heavy atom. The maximum Gasteiger partial charge on any atom is 0.248 e. The van der Waals surface area contributed by atoms with Crippen molar-refractivity contribution in [1.82, 2.24) is 15.3 Å². The lowest BCUT2D eigenvalue weighted by molar-refractivity contribution is -0.131. The highest BCUT2D eigenvalue weighted by Crippen LogP contribution is 2.50. The average Bonchev–Trinajstić information content (AvgIpc) is 3.58. The lowest BCUT2D eigenvalue weighted by Gasteiger charge is -2.35. The summed E-state index contributed by atoms with van der Waals surface area (Å²) in [5.41, 5.74) is 1.31. The molecule has 1 aliphatic heterocycles. The number of nitrogens with one attached hydrogen (secondary N) is 1. The Hall–Kier alpha value is -3.50. The molecule has 0 unspecified atom stereocenters. The molecule has 13 heteroatoms. The Morgan fingerprint density at radius 1 is 1.10 bits per heavy atom. The fourth-order valence-electron chi connectivity index (χ4n) is 5.69. The van der Waals surface area contributed by atoms with Crippen molar-refractivity contribution in [3.63, 3.8) is 0 Å². The third-order valence-electron chi connectivity index (χ3n) is 8.28. The van der Waals surface area contributed by atoms with E-state index in [0.29, 0.717) is 52.6 Å². The first-order valence-electron chi connectivity index (χ1n) is 13.8. The molecule has 3 aromatic rings. The van der Waals surface area contributed by atoms with Gasteiger partial charge in [-0.15, -0.1) is 11.3 Å². The molecule has 220 valence electrons. The van der Waals surface area contributed by atoms with Crippen LogP contribution in [0.4, 0.5) is 18.9 Å². The van der Waals surface area contributed by atoms with Crippen molar-refractivity contribution in [2.45, 2.75) is 49.5 Å². The highest BCUT2D eigenvalue weighted by atomic mass is 32.2. The van der Waals surface area contributed by atoms with Crippen LogP contribution in [0, 0.1) is 23.1 Å². The number of thiazole rings is 1. The zero-order chi connectivity index (χ0) is 29.7. The van der Waals surface area contributed by atoms with Crippen LogP contribution in [-0.2, 0) is 14.6 Å². The summed E-state index contributed by atoms with van der Waals surface area (Å²) in [6.07, 6.45) is 2.48. The number of carbonyl (C=O) groups is 1. The molecule has 2 aromatic heterocycles. The molecular weight excluding hydrogens is 587 g/mol. The summed E-state index contributed by atoms with van der Waals surface area (Å²) in [5, 5.41) is 12.7. The van der Waals surface area contributed by atoms with Crippen LogP contribution in [0.25, 0.3) is 21.0 Å². The molecule has 2 aliphatic carbocycles. The number of aromatic nitrogens is 2. The van der Waals surface area contributed by atoms with Crippen molar-refractivity contribution in [1.29, 1.82) is 5.26 Å². The quantitative estimate of drug-likeness (QED) is 0.418. The molecule has 3 heterocycles. The maximum atomic E-state index is 14.9. The summed E-state index contributed by atoms with van der Waals surface area (Å²) in [7, 11) is -3.04. The minimum Gasteiger partial charge on any atom is -0.369 e. The Balaban J connectivity index is 1.39. The highest BCUT2D eigenvalue weighted by Gasteiger charge is 2.50. The van der Waals surface area contributed by atoms with Gasteiger partial charge in [0.1, 0.15) is 16.4 Å². The van der Waals surface area contributed by atoms with E-state index in [1.54, 1.807) is 0 Å². The average molecular weight is 616 g/mol. The molecule has 1 amide bonds. The summed E-state index contributed by atoms with van der Waals surface area (Å²) in [5.74, 6) is -5.60. The zero-order valence-corrected chi connectivity index (χ0v) is 24.2. The van der Waals surface area contributed by atoms with Crippen LogP contribution >= 0.6 is 11.3 Å². The van der Waals surface area contributed by atoms with Crippen molar-refractivity contribution in [3.8, 4) is 27.1 Å². The fourth-order valence-corrected chi connectivity index (χ4v) is 8.01. The topological polar surface area (TPSA) is 116 Å². The van der Waals surface area contributed by atoms with Gasteiger partial charge in [0.05, 0.1) is 34.3 Å². The van der Waals surface area contributed by atoms with Crippen molar-refractivity contribution < 1.29 is 26.4 Å². The number of pyridine rings is 1. The second kappa shape index (κ2) is 10.6. The van der Waals surface area contributed by atoms with E-state index in [2.05, 4.69) is 16.4 Å². The summed E-state index contributed by atoms with van der Waals surface area (Å²) < 4.78 is 67.6. The number of hydrogen-bond acceptors (Lipinski definition) is 8. The predicted molar refractivity (Wildman–Crippen MR) is 152 cm³/mol. The molecule has 2 saturated carbocycles. The van der Waals surface area contributed by atoms with Crippen LogP contribution in [0.1, 0.15) is 43.7 Å².